The highest BCUT2D eigenvalue weighted by atomic mass is 16.5. The largest absolute Gasteiger partial charge is 0.383 e. The van der Waals surface area contributed by atoms with Crippen molar-refractivity contribution in [3.05, 3.63) is 0 Å². The van der Waals surface area contributed by atoms with Crippen molar-refractivity contribution >= 4 is 0 Å². The molecule has 1 saturated heterocycles. The van der Waals surface area contributed by atoms with Crippen LogP contribution in [0.25, 0.3) is 0 Å². The maximum absolute atomic E-state index is 5.75. The van der Waals surface area contributed by atoms with E-state index in [0.29, 0.717) is 0 Å². The van der Waals surface area contributed by atoms with E-state index in [1.807, 2.05) is 5.01 Å². The molecule has 0 saturated carbocycles. The Morgan fingerprint density at radius 1 is 1.70 bits per heavy atom. The van der Waals surface area contributed by atoms with Crippen LogP contribution in [0.3, 0.4) is 0 Å². The Morgan fingerprint density at radius 2 is 2.40 bits per heavy atom. The van der Waals surface area contributed by atoms with E-state index >= 15 is 0 Å². The highest BCUT2D eigenvalue weighted by Crippen LogP contribution is 2.25. The number of rotatable bonds is 2. The van der Waals surface area contributed by atoms with Gasteiger partial charge in [0.25, 0.3) is 0 Å². The van der Waals surface area contributed by atoms with Crippen LogP contribution in [0.15, 0.2) is 0 Å². The predicted molar refractivity (Wildman–Crippen MR) is 40.4 cm³/mol. The summed E-state index contributed by atoms with van der Waals surface area (Å²) >= 11 is 0. The summed E-state index contributed by atoms with van der Waals surface area (Å²) in [4.78, 5) is 0. The molecule has 1 fully saturated rings. The van der Waals surface area contributed by atoms with E-state index in [2.05, 4.69) is 6.92 Å². The predicted octanol–water partition coefficient (Wildman–Crippen LogP) is 0.361. The van der Waals surface area contributed by atoms with Crippen molar-refractivity contribution in [2.45, 2.75) is 25.3 Å². The Balaban J connectivity index is 2.48. The van der Waals surface area contributed by atoms with Crippen LogP contribution in [0.4, 0.5) is 0 Å². The molecule has 0 bridgehead atoms. The molecule has 0 aromatic rings. The summed E-state index contributed by atoms with van der Waals surface area (Å²) in [5.74, 6) is 5.75. The van der Waals surface area contributed by atoms with Crippen LogP contribution in [0, 0.1) is 0 Å². The molecule has 10 heavy (non-hydrogen) atoms. The van der Waals surface area contributed by atoms with Crippen LogP contribution in [-0.4, -0.2) is 30.8 Å². The van der Waals surface area contributed by atoms with Crippen molar-refractivity contribution in [2.24, 2.45) is 5.84 Å². The van der Waals surface area contributed by atoms with E-state index in [1.165, 1.54) is 6.42 Å². The summed E-state index contributed by atoms with van der Waals surface area (Å²) < 4.78 is 5.08. The van der Waals surface area contributed by atoms with Crippen LogP contribution < -0.4 is 5.84 Å². The number of hydrogen-bond acceptors (Lipinski definition) is 3. The second kappa shape index (κ2) is 2.86. The average molecular weight is 144 g/mol. The monoisotopic (exact) mass is 144 g/mol. The van der Waals surface area contributed by atoms with E-state index in [1.54, 1.807) is 7.11 Å². The molecule has 3 heteroatoms. The fraction of sp³-hybridized carbons (Fsp3) is 1.00. The molecule has 1 aliphatic rings. The molecular formula is C7H16N2O. The Hall–Kier alpha value is -0.120. The summed E-state index contributed by atoms with van der Waals surface area (Å²) in [5.41, 5.74) is 0.0920. The molecule has 1 rings (SSSR count). The number of methoxy groups -OCH3 is 1. The van der Waals surface area contributed by atoms with E-state index in [0.717, 1.165) is 19.6 Å². The molecule has 1 aliphatic heterocycles. The van der Waals surface area contributed by atoms with Crippen molar-refractivity contribution in [1.29, 1.82) is 0 Å². The summed E-state index contributed by atoms with van der Waals surface area (Å²) in [6, 6.07) is 0. The van der Waals surface area contributed by atoms with Gasteiger partial charge in [0.1, 0.15) is 0 Å². The van der Waals surface area contributed by atoms with Crippen molar-refractivity contribution in [2.75, 3.05) is 20.3 Å². The van der Waals surface area contributed by atoms with Crippen LogP contribution in [0.1, 0.15) is 19.8 Å². The minimum absolute atomic E-state index is 0.0920. The standard InChI is InChI=1S/C7H16N2O/c1-7(6-10-2)4-3-5-9(7)8/h3-6,8H2,1-2H3. The fourth-order valence-electron chi connectivity index (χ4n) is 1.51. The zero-order chi connectivity index (χ0) is 7.61. The van der Waals surface area contributed by atoms with Gasteiger partial charge in [0.15, 0.2) is 0 Å². The molecule has 60 valence electrons. The van der Waals surface area contributed by atoms with Gasteiger partial charge in [-0.1, -0.05) is 0 Å². The minimum atomic E-state index is 0.0920. The number of ether oxygens (including phenoxy) is 1. The molecule has 1 atom stereocenters. The molecule has 3 nitrogen and oxygen atoms in total. The lowest BCUT2D eigenvalue weighted by Gasteiger charge is -2.30. The van der Waals surface area contributed by atoms with Gasteiger partial charge in [-0.05, 0) is 19.8 Å². The van der Waals surface area contributed by atoms with Crippen molar-refractivity contribution in [3.63, 3.8) is 0 Å². The maximum Gasteiger partial charge on any atom is 0.0657 e. The summed E-state index contributed by atoms with van der Waals surface area (Å²) in [5, 5.41) is 1.89. The second-order valence-corrected chi connectivity index (χ2v) is 3.23. The summed E-state index contributed by atoms with van der Waals surface area (Å²) in [6.45, 7) is 3.88. The lowest BCUT2D eigenvalue weighted by molar-refractivity contribution is 0.0505. The first-order valence-electron chi connectivity index (χ1n) is 3.70. The van der Waals surface area contributed by atoms with E-state index in [-0.39, 0.29) is 5.54 Å². The van der Waals surface area contributed by atoms with E-state index in [9.17, 15) is 0 Å². The Labute approximate surface area is 62.1 Å². The van der Waals surface area contributed by atoms with Gasteiger partial charge in [-0.15, -0.1) is 0 Å². The van der Waals surface area contributed by atoms with E-state index < -0.39 is 0 Å². The lowest BCUT2D eigenvalue weighted by atomic mass is 10.0. The SMILES string of the molecule is COCC1(C)CCCN1N. The molecule has 0 aliphatic carbocycles. The van der Waals surface area contributed by atoms with Crippen LogP contribution in [0.5, 0.6) is 0 Å². The van der Waals surface area contributed by atoms with Crippen molar-refractivity contribution in [1.82, 2.24) is 5.01 Å². The number of hydrogen-bond donors (Lipinski definition) is 1. The van der Waals surface area contributed by atoms with Gasteiger partial charge >= 0.3 is 0 Å². The van der Waals surface area contributed by atoms with Crippen LogP contribution in [0.2, 0.25) is 0 Å². The summed E-state index contributed by atoms with van der Waals surface area (Å²) in [7, 11) is 1.72. The quantitative estimate of drug-likeness (QED) is 0.569. The summed E-state index contributed by atoms with van der Waals surface area (Å²) in [6.07, 6.45) is 2.34. The van der Waals surface area contributed by atoms with Gasteiger partial charge < -0.3 is 4.74 Å². The average Bonchev–Trinajstić information content (AvgIpc) is 2.15. The van der Waals surface area contributed by atoms with Gasteiger partial charge in [-0.25, -0.2) is 5.01 Å². The van der Waals surface area contributed by atoms with Crippen LogP contribution >= 0.6 is 0 Å². The first kappa shape index (κ1) is 7.98. The first-order chi connectivity index (χ1) is 4.69. The zero-order valence-electron chi connectivity index (χ0n) is 6.76. The van der Waals surface area contributed by atoms with E-state index in [4.69, 9.17) is 10.6 Å². The number of nitrogens with two attached hydrogens (primary N) is 1. The minimum Gasteiger partial charge on any atom is -0.383 e. The van der Waals surface area contributed by atoms with Gasteiger partial charge in [-0.2, -0.15) is 0 Å². The molecule has 0 amide bonds. The highest BCUT2D eigenvalue weighted by molar-refractivity contribution is 4.88. The molecule has 0 aromatic carbocycles. The zero-order valence-corrected chi connectivity index (χ0v) is 6.76. The molecule has 2 N–H and O–H groups in total. The van der Waals surface area contributed by atoms with Gasteiger partial charge in [0.2, 0.25) is 0 Å². The number of nitrogens with zero attached hydrogens (tertiary/aromatic N) is 1. The molecule has 0 radical (unpaired) electrons. The first-order valence-corrected chi connectivity index (χ1v) is 3.70. The number of hydrazine groups is 1. The van der Waals surface area contributed by atoms with Gasteiger partial charge in [0, 0.05) is 13.7 Å². The van der Waals surface area contributed by atoms with Crippen molar-refractivity contribution < 1.29 is 4.74 Å². The Kier molecular flexibility index (Phi) is 2.28. The fourth-order valence-corrected chi connectivity index (χ4v) is 1.51. The third-order valence-corrected chi connectivity index (χ3v) is 2.26. The molecule has 1 heterocycles. The Bertz CT molecular complexity index is 118. The topological polar surface area (TPSA) is 38.5 Å². The third-order valence-electron chi connectivity index (χ3n) is 2.26. The molecular weight excluding hydrogens is 128 g/mol. The maximum atomic E-state index is 5.75. The van der Waals surface area contributed by atoms with Gasteiger partial charge in [-0.3, -0.25) is 5.84 Å². The molecule has 0 aromatic heterocycles. The third kappa shape index (κ3) is 1.31. The van der Waals surface area contributed by atoms with Crippen molar-refractivity contribution in [3.8, 4) is 0 Å². The molecule has 1 unspecified atom stereocenters. The van der Waals surface area contributed by atoms with Gasteiger partial charge in [0.05, 0.1) is 12.1 Å². The highest BCUT2D eigenvalue weighted by Gasteiger charge is 2.34. The Morgan fingerprint density at radius 3 is 2.80 bits per heavy atom. The van der Waals surface area contributed by atoms with Crippen LogP contribution in [-0.2, 0) is 4.74 Å². The smallest absolute Gasteiger partial charge is 0.0657 e. The lowest BCUT2D eigenvalue weighted by Crippen LogP contribution is -2.48. The normalized spacial score (nSPS) is 35.1. The molecule has 0 spiro atoms. The second-order valence-electron chi connectivity index (χ2n) is 3.23.